The number of ether oxygens (including phenoxy) is 2. The molecule has 0 N–H and O–H groups in total. The van der Waals surface area contributed by atoms with Crippen LogP contribution < -0.4 is 9.64 Å². The Kier molecular flexibility index (Phi) is 5.81. The third-order valence-electron chi connectivity index (χ3n) is 5.87. The zero-order valence-electron chi connectivity index (χ0n) is 18.7. The number of aromatic nitrogens is 1. The van der Waals surface area contributed by atoms with Crippen LogP contribution in [0.5, 0.6) is 5.75 Å². The van der Waals surface area contributed by atoms with Gasteiger partial charge in [0.05, 0.1) is 35.8 Å². The van der Waals surface area contributed by atoms with Crippen LogP contribution in [-0.4, -0.2) is 60.4 Å². The lowest BCUT2D eigenvalue weighted by Crippen LogP contribution is -2.42. The van der Waals surface area contributed by atoms with Crippen molar-refractivity contribution >= 4 is 40.3 Å². The molecule has 3 aromatic rings. The normalized spacial score (nSPS) is 16.7. The van der Waals surface area contributed by atoms with Crippen LogP contribution in [0, 0.1) is 0 Å². The van der Waals surface area contributed by atoms with Crippen LogP contribution in [0.1, 0.15) is 23.0 Å². The molecule has 5 rings (SSSR count). The van der Waals surface area contributed by atoms with Gasteiger partial charge in [-0.2, -0.15) is 0 Å². The number of hydrogen-bond donors (Lipinski definition) is 0. The second-order valence-electron chi connectivity index (χ2n) is 8.10. The zero-order chi connectivity index (χ0) is 23.7. The first kappa shape index (κ1) is 21.8. The lowest BCUT2D eigenvalue weighted by molar-refractivity contribution is -0.137. The highest BCUT2D eigenvalue weighted by Gasteiger charge is 2.34. The highest BCUT2D eigenvalue weighted by Crippen LogP contribution is 2.35. The molecule has 0 saturated carbocycles. The number of carbonyl (C=O) groups excluding carboxylic acids is 3. The molecule has 0 aliphatic carbocycles. The van der Waals surface area contributed by atoms with E-state index in [1.165, 1.54) is 11.8 Å². The van der Waals surface area contributed by atoms with Gasteiger partial charge < -0.3 is 14.4 Å². The molecule has 3 heterocycles. The number of carbonyl (C=O) groups is 3. The Balaban J connectivity index is 1.35. The number of nitrogens with zero attached hydrogens (tertiary/aromatic N) is 3. The number of Topliss-reactive ketones (excluding diaryl/α,β-unsaturated/α-hetero) is 1. The number of amides is 2. The van der Waals surface area contributed by atoms with Gasteiger partial charge in [0.2, 0.25) is 11.7 Å². The predicted molar refractivity (Wildman–Crippen MR) is 127 cm³/mol. The quantitative estimate of drug-likeness (QED) is 0.560. The minimum atomic E-state index is -0.237. The Morgan fingerprint density at radius 1 is 1.09 bits per heavy atom. The van der Waals surface area contributed by atoms with Gasteiger partial charge in [-0.3, -0.25) is 19.3 Å². The third kappa shape index (κ3) is 4.15. The molecule has 8 nitrogen and oxygen atoms in total. The Labute approximate surface area is 196 Å². The van der Waals surface area contributed by atoms with E-state index in [0.29, 0.717) is 54.5 Å². The Bertz CT molecular complexity index is 1330. The topological polar surface area (TPSA) is 89.0 Å². The maximum atomic E-state index is 12.9. The van der Waals surface area contributed by atoms with Crippen LogP contribution in [0.25, 0.3) is 17.0 Å². The Morgan fingerprint density at radius 3 is 2.68 bits per heavy atom. The number of pyridine rings is 1. The summed E-state index contributed by atoms with van der Waals surface area (Å²) in [5.41, 5.74) is 2.63. The van der Waals surface area contributed by atoms with Crippen LogP contribution in [0.2, 0.25) is 0 Å². The van der Waals surface area contributed by atoms with E-state index in [0.717, 1.165) is 5.39 Å². The van der Waals surface area contributed by atoms with E-state index >= 15 is 0 Å². The number of para-hydroxylation sites is 1. The van der Waals surface area contributed by atoms with Gasteiger partial charge in [-0.25, -0.2) is 4.98 Å². The number of hydrogen-bond acceptors (Lipinski definition) is 6. The molecule has 172 valence electrons. The van der Waals surface area contributed by atoms with Crippen molar-refractivity contribution in [2.45, 2.75) is 6.92 Å². The minimum Gasteiger partial charge on any atom is -0.484 e. The van der Waals surface area contributed by atoms with Crippen LogP contribution in [0.4, 0.5) is 5.69 Å². The molecule has 1 saturated heterocycles. The summed E-state index contributed by atoms with van der Waals surface area (Å²) in [5, 5.41) is 0.836. The van der Waals surface area contributed by atoms with E-state index < -0.39 is 0 Å². The molecular weight excluding hydrogens is 434 g/mol. The molecule has 8 heteroatoms. The number of morpholine rings is 1. The van der Waals surface area contributed by atoms with E-state index in [1.54, 1.807) is 53.4 Å². The van der Waals surface area contributed by atoms with Crippen LogP contribution in [0.15, 0.2) is 60.3 Å². The Hall–Kier alpha value is -4.04. The molecule has 2 aliphatic heterocycles. The first-order valence-electron chi connectivity index (χ1n) is 11.1. The van der Waals surface area contributed by atoms with Gasteiger partial charge in [0, 0.05) is 31.0 Å². The van der Waals surface area contributed by atoms with Crippen LogP contribution in [-0.2, 0) is 14.3 Å². The molecule has 0 spiro atoms. The molecule has 2 amide bonds. The van der Waals surface area contributed by atoms with E-state index in [-0.39, 0.29) is 29.9 Å². The molecule has 0 bridgehead atoms. The highest BCUT2D eigenvalue weighted by molar-refractivity contribution is 6.26. The first-order chi connectivity index (χ1) is 16.5. The molecular formula is C26H23N3O5. The molecule has 1 fully saturated rings. The van der Waals surface area contributed by atoms with Gasteiger partial charge in [0.25, 0.3) is 5.91 Å². The van der Waals surface area contributed by atoms with Gasteiger partial charge in [0.1, 0.15) is 5.75 Å². The molecule has 0 unspecified atom stereocenters. The summed E-state index contributed by atoms with van der Waals surface area (Å²) in [6, 6.07) is 16.1. The maximum Gasteiger partial charge on any atom is 0.260 e. The van der Waals surface area contributed by atoms with Crippen molar-refractivity contribution in [3.05, 3.63) is 71.6 Å². The monoisotopic (exact) mass is 457 g/mol. The number of rotatable bonds is 4. The van der Waals surface area contributed by atoms with Gasteiger partial charge in [0.15, 0.2) is 6.61 Å². The standard InChI is InChI=1S/C26H23N3O5/c1-17(30)29-23-5-3-2-4-21(23)26(32)24(29)15-19-7-6-18-14-20(8-9-22(18)27-19)34-16-25(31)28-10-12-33-13-11-28/h2-9,14-15H,10-13,16H2,1H3/b24-15-. The van der Waals surface area contributed by atoms with Crippen molar-refractivity contribution in [2.24, 2.45) is 0 Å². The molecule has 0 atom stereocenters. The molecule has 2 aromatic carbocycles. The van der Waals surface area contributed by atoms with Gasteiger partial charge >= 0.3 is 0 Å². The lowest BCUT2D eigenvalue weighted by Gasteiger charge is -2.26. The van der Waals surface area contributed by atoms with E-state index in [9.17, 15) is 14.4 Å². The summed E-state index contributed by atoms with van der Waals surface area (Å²) in [6.45, 7) is 3.66. The molecule has 2 aliphatic rings. The lowest BCUT2D eigenvalue weighted by atomic mass is 10.1. The van der Waals surface area contributed by atoms with E-state index in [1.807, 2.05) is 12.1 Å². The van der Waals surface area contributed by atoms with E-state index in [2.05, 4.69) is 4.98 Å². The van der Waals surface area contributed by atoms with Crippen molar-refractivity contribution in [1.29, 1.82) is 0 Å². The average Bonchev–Trinajstić information content (AvgIpc) is 3.14. The fourth-order valence-electron chi connectivity index (χ4n) is 4.18. The Morgan fingerprint density at radius 2 is 1.88 bits per heavy atom. The second-order valence-corrected chi connectivity index (χ2v) is 8.10. The summed E-state index contributed by atoms with van der Waals surface area (Å²) < 4.78 is 11.0. The van der Waals surface area contributed by atoms with Crippen molar-refractivity contribution in [2.75, 3.05) is 37.8 Å². The van der Waals surface area contributed by atoms with Crippen molar-refractivity contribution < 1.29 is 23.9 Å². The fourth-order valence-corrected chi connectivity index (χ4v) is 4.18. The largest absolute Gasteiger partial charge is 0.484 e. The highest BCUT2D eigenvalue weighted by atomic mass is 16.5. The fraction of sp³-hybridized carbons (Fsp3) is 0.231. The minimum absolute atomic E-state index is 0.0351. The van der Waals surface area contributed by atoms with Gasteiger partial charge in [-0.1, -0.05) is 18.2 Å². The van der Waals surface area contributed by atoms with Crippen LogP contribution in [0.3, 0.4) is 0 Å². The smallest absolute Gasteiger partial charge is 0.260 e. The number of fused-ring (bicyclic) bond motifs is 2. The SMILES string of the molecule is CC(=O)N1/C(=C\c2ccc3cc(OCC(=O)N4CCOCC4)ccc3n2)C(=O)c2ccccc21. The zero-order valence-corrected chi connectivity index (χ0v) is 18.7. The number of anilines is 1. The number of allylic oxidation sites excluding steroid dienone is 1. The van der Waals surface area contributed by atoms with Gasteiger partial charge in [-0.15, -0.1) is 0 Å². The number of ketones is 1. The molecule has 34 heavy (non-hydrogen) atoms. The summed E-state index contributed by atoms with van der Waals surface area (Å²) >= 11 is 0. The summed E-state index contributed by atoms with van der Waals surface area (Å²) in [5.74, 6) is 0.0621. The van der Waals surface area contributed by atoms with E-state index in [4.69, 9.17) is 9.47 Å². The van der Waals surface area contributed by atoms with Crippen molar-refractivity contribution in [3.8, 4) is 5.75 Å². The molecule has 0 radical (unpaired) electrons. The van der Waals surface area contributed by atoms with Crippen molar-refractivity contribution in [3.63, 3.8) is 0 Å². The number of benzene rings is 2. The maximum absolute atomic E-state index is 12.9. The summed E-state index contributed by atoms with van der Waals surface area (Å²) in [6.07, 6.45) is 1.63. The summed E-state index contributed by atoms with van der Waals surface area (Å²) in [7, 11) is 0. The third-order valence-corrected chi connectivity index (χ3v) is 5.87. The average molecular weight is 457 g/mol. The summed E-state index contributed by atoms with van der Waals surface area (Å²) in [4.78, 5) is 45.3. The van der Waals surface area contributed by atoms with Gasteiger partial charge in [-0.05, 0) is 42.5 Å². The molecule has 1 aromatic heterocycles. The van der Waals surface area contributed by atoms with Crippen molar-refractivity contribution in [1.82, 2.24) is 9.88 Å². The second kappa shape index (κ2) is 9.07. The first-order valence-corrected chi connectivity index (χ1v) is 11.1. The predicted octanol–water partition coefficient (Wildman–Crippen LogP) is 3.06. The van der Waals surface area contributed by atoms with Crippen LogP contribution >= 0.6 is 0 Å².